The van der Waals surface area contributed by atoms with Gasteiger partial charge >= 0.3 is 5.97 Å². The lowest BCUT2D eigenvalue weighted by molar-refractivity contribution is -0.147. The largest absolute Gasteiger partial charge is 0.493 e. The summed E-state index contributed by atoms with van der Waals surface area (Å²) >= 11 is 0. The molecular weight excluding hydrogens is 236 g/mol. The molecule has 0 radical (unpaired) electrons. The van der Waals surface area contributed by atoms with E-state index in [-0.39, 0.29) is 17.2 Å². The first-order chi connectivity index (χ1) is 8.43. The van der Waals surface area contributed by atoms with Crippen LogP contribution >= 0.6 is 0 Å². The maximum atomic E-state index is 11.0. The van der Waals surface area contributed by atoms with Gasteiger partial charge in [-0.25, -0.2) is 4.79 Å². The molecule has 0 aliphatic rings. The molecule has 1 atom stereocenters. The van der Waals surface area contributed by atoms with Gasteiger partial charge in [-0.05, 0) is 17.5 Å². The molecule has 1 unspecified atom stereocenters. The minimum atomic E-state index is -1.63. The van der Waals surface area contributed by atoms with Gasteiger partial charge in [-0.3, -0.25) is 0 Å². The summed E-state index contributed by atoms with van der Waals surface area (Å²) in [5.74, 6) is -0.590. The van der Waals surface area contributed by atoms with Crippen LogP contribution in [0.25, 0.3) is 0 Å². The van der Waals surface area contributed by atoms with Crippen molar-refractivity contribution < 1.29 is 24.5 Å². The zero-order valence-corrected chi connectivity index (χ0v) is 10.9. The average molecular weight is 254 g/mol. The third kappa shape index (κ3) is 2.56. The smallest absolute Gasteiger partial charge is 0.337 e. The Morgan fingerprint density at radius 1 is 1.22 bits per heavy atom. The number of aliphatic hydroxyl groups excluding tert-OH is 1. The Hall–Kier alpha value is -1.75. The Balaban J connectivity index is 3.52. The van der Waals surface area contributed by atoms with Gasteiger partial charge < -0.3 is 19.7 Å². The molecule has 18 heavy (non-hydrogen) atoms. The molecule has 0 amide bonds. The number of aliphatic carboxylic acids is 1. The highest BCUT2D eigenvalue weighted by Gasteiger charge is 2.27. The fraction of sp³-hybridized carbons (Fsp3) is 0.462. The molecule has 0 fully saturated rings. The molecule has 5 heteroatoms. The summed E-state index contributed by atoms with van der Waals surface area (Å²) in [6.07, 6.45) is -1.63. The molecule has 0 saturated carbocycles. The first-order valence-corrected chi connectivity index (χ1v) is 5.59. The van der Waals surface area contributed by atoms with Gasteiger partial charge in [-0.1, -0.05) is 19.9 Å². The van der Waals surface area contributed by atoms with Crippen molar-refractivity contribution in [1.29, 1.82) is 0 Å². The quantitative estimate of drug-likeness (QED) is 0.839. The second-order valence-electron chi connectivity index (χ2n) is 4.20. The predicted octanol–water partition coefficient (Wildman–Crippen LogP) is 1.95. The van der Waals surface area contributed by atoms with Gasteiger partial charge in [0.2, 0.25) is 0 Å². The van der Waals surface area contributed by atoms with Gasteiger partial charge in [0.25, 0.3) is 0 Å². The fourth-order valence-electron chi connectivity index (χ4n) is 1.88. The highest BCUT2D eigenvalue weighted by molar-refractivity contribution is 5.77. The maximum absolute atomic E-state index is 11.0. The summed E-state index contributed by atoms with van der Waals surface area (Å²) in [7, 11) is 2.88. The van der Waals surface area contributed by atoms with E-state index in [1.165, 1.54) is 14.2 Å². The van der Waals surface area contributed by atoms with Gasteiger partial charge in [-0.15, -0.1) is 0 Å². The first-order valence-electron chi connectivity index (χ1n) is 5.59. The van der Waals surface area contributed by atoms with Crippen molar-refractivity contribution in [3.05, 3.63) is 23.3 Å². The third-order valence-corrected chi connectivity index (χ3v) is 2.75. The van der Waals surface area contributed by atoms with Crippen LogP contribution < -0.4 is 9.47 Å². The van der Waals surface area contributed by atoms with E-state index in [4.69, 9.17) is 14.6 Å². The minimum Gasteiger partial charge on any atom is -0.493 e. The van der Waals surface area contributed by atoms with E-state index in [2.05, 4.69) is 0 Å². The number of aliphatic hydroxyl groups is 1. The lowest BCUT2D eigenvalue weighted by Crippen LogP contribution is -2.15. The molecule has 0 aromatic heterocycles. The molecule has 0 spiro atoms. The van der Waals surface area contributed by atoms with Crippen LogP contribution in [0.4, 0.5) is 0 Å². The van der Waals surface area contributed by atoms with Crippen molar-refractivity contribution in [3.63, 3.8) is 0 Å². The highest BCUT2D eigenvalue weighted by Crippen LogP contribution is 2.40. The van der Waals surface area contributed by atoms with Crippen LogP contribution in [0.15, 0.2) is 12.1 Å². The van der Waals surface area contributed by atoms with Crippen LogP contribution in [0, 0.1) is 0 Å². The minimum absolute atomic E-state index is 0.0637. The van der Waals surface area contributed by atoms with Gasteiger partial charge in [0.15, 0.2) is 17.6 Å². The molecule has 100 valence electrons. The van der Waals surface area contributed by atoms with Crippen molar-refractivity contribution in [2.75, 3.05) is 14.2 Å². The van der Waals surface area contributed by atoms with E-state index in [9.17, 15) is 9.90 Å². The predicted molar refractivity (Wildman–Crippen MR) is 66.2 cm³/mol. The molecule has 2 N–H and O–H groups in total. The van der Waals surface area contributed by atoms with Crippen LogP contribution in [0.3, 0.4) is 0 Å². The number of benzene rings is 1. The number of carboxylic acids is 1. The second-order valence-corrected chi connectivity index (χ2v) is 4.20. The van der Waals surface area contributed by atoms with E-state index in [1.54, 1.807) is 12.1 Å². The number of carbonyl (C=O) groups is 1. The number of hydrogen-bond donors (Lipinski definition) is 2. The zero-order valence-electron chi connectivity index (χ0n) is 10.9. The van der Waals surface area contributed by atoms with Crippen molar-refractivity contribution in [2.24, 2.45) is 0 Å². The van der Waals surface area contributed by atoms with E-state index in [1.807, 2.05) is 13.8 Å². The monoisotopic (exact) mass is 254 g/mol. The van der Waals surface area contributed by atoms with Crippen LogP contribution in [-0.2, 0) is 4.79 Å². The Labute approximate surface area is 106 Å². The summed E-state index contributed by atoms with van der Waals surface area (Å²) in [5, 5.41) is 18.8. The Morgan fingerprint density at radius 2 is 1.83 bits per heavy atom. The van der Waals surface area contributed by atoms with Gasteiger partial charge in [0, 0.05) is 5.56 Å². The summed E-state index contributed by atoms with van der Waals surface area (Å²) in [5.41, 5.74) is 0.974. The average Bonchev–Trinajstić information content (AvgIpc) is 2.35. The van der Waals surface area contributed by atoms with Gasteiger partial charge in [0.05, 0.1) is 14.2 Å². The van der Waals surface area contributed by atoms with Crippen LogP contribution in [0.2, 0.25) is 0 Å². The topological polar surface area (TPSA) is 76.0 Å². The number of ether oxygens (including phenoxy) is 2. The molecule has 1 rings (SSSR count). The summed E-state index contributed by atoms with van der Waals surface area (Å²) < 4.78 is 10.3. The lowest BCUT2D eigenvalue weighted by atomic mass is 9.92. The highest BCUT2D eigenvalue weighted by atomic mass is 16.5. The van der Waals surface area contributed by atoms with E-state index >= 15 is 0 Å². The van der Waals surface area contributed by atoms with E-state index in [0.29, 0.717) is 5.75 Å². The molecule has 0 heterocycles. The molecule has 1 aromatic carbocycles. The standard InChI is InChI=1S/C13H18O5/c1-7(2)8-5-6-9(17-3)12(18-4)10(8)11(14)13(15)16/h5-7,11,14H,1-4H3,(H,15,16). The number of carboxylic acid groups (broad SMARTS) is 1. The Kier molecular flexibility index (Phi) is 4.55. The zero-order chi connectivity index (χ0) is 13.9. The number of hydrogen-bond acceptors (Lipinski definition) is 4. The number of methoxy groups -OCH3 is 2. The van der Waals surface area contributed by atoms with Crippen molar-refractivity contribution >= 4 is 5.97 Å². The maximum Gasteiger partial charge on any atom is 0.337 e. The van der Waals surface area contributed by atoms with Crippen molar-refractivity contribution in [3.8, 4) is 11.5 Å². The summed E-state index contributed by atoms with van der Waals surface area (Å²) in [4.78, 5) is 11.0. The van der Waals surface area contributed by atoms with Crippen molar-refractivity contribution in [2.45, 2.75) is 25.9 Å². The molecular formula is C13H18O5. The third-order valence-electron chi connectivity index (χ3n) is 2.75. The first kappa shape index (κ1) is 14.3. The molecule has 0 saturated heterocycles. The molecule has 0 aliphatic heterocycles. The van der Waals surface area contributed by atoms with Crippen LogP contribution in [-0.4, -0.2) is 30.4 Å². The molecule has 0 bridgehead atoms. The van der Waals surface area contributed by atoms with Crippen LogP contribution in [0.5, 0.6) is 11.5 Å². The van der Waals surface area contributed by atoms with Gasteiger partial charge in [0.1, 0.15) is 0 Å². The van der Waals surface area contributed by atoms with Gasteiger partial charge in [-0.2, -0.15) is 0 Å². The lowest BCUT2D eigenvalue weighted by Gasteiger charge is -2.20. The molecule has 1 aromatic rings. The number of rotatable bonds is 5. The van der Waals surface area contributed by atoms with Crippen LogP contribution in [0.1, 0.15) is 37.0 Å². The van der Waals surface area contributed by atoms with Crippen molar-refractivity contribution in [1.82, 2.24) is 0 Å². The second kappa shape index (κ2) is 5.73. The SMILES string of the molecule is COc1ccc(C(C)C)c(C(O)C(=O)O)c1OC. The van der Waals surface area contributed by atoms with E-state index in [0.717, 1.165) is 5.56 Å². The Morgan fingerprint density at radius 3 is 2.22 bits per heavy atom. The summed E-state index contributed by atoms with van der Waals surface area (Å²) in [6.45, 7) is 3.83. The Bertz CT molecular complexity index is 439. The fourth-order valence-corrected chi connectivity index (χ4v) is 1.88. The molecule has 5 nitrogen and oxygen atoms in total. The summed E-state index contributed by atoms with van der Waals surface area (Å²) in [6, 6.07) is 3.44. The molecule has 0 aliphatic carbocycles. The van der Waals surface area contributed by atoms with E-state index < -0.39 is 12.1 Å². The normalized spacial score (nSPS) is 12.3.